The van der Waals surface area contributed by atoms with E-state index in [-0.39, 0.29) is 10.9 Å². The molecule has 0 aliphatic carbocycles. The summed E-state index contributed by atoms with van der Waals surface area (Å²) in [5, 5.41) is 9.93. The van der Waals surface area contributed by atoms with E-state index < -0.39 is 0 Å². The van der Waals surface area contributed by atoms with Crippen LogP contribution in [0.4, 0.5) is 0 Å². The number of aliphatic hydroxyl groups is 1. The molecule has 1 unspecified atom stereocenters. The molecular formula is C11H24OS. The van der Waals surface area contributed by atoms with Crippen LogP contribution in [0.1, 0.15) is 47.5 Å². The minimum atomic E-state index is -0.200. The third-order valence-electron chi connectivity index (χ3n) is 2.32. The van der Waals surface area contributed by atoms with Gasteiger partial charge in [0.2, 0.25) is 0 Å². The van der Waals surface area contributed by atoms with E-state index in [4.69, 9.17) is 0 Å². The summed E-state index contributed by atoms with van der Waals surface area (Å²) < 4.78 is 0.00331. The maximum Gasteiger partial charge on any atom is 0.0704 e. The van der Waals surface area contributed by atoms with Crippen molar-refractivity contribution < 1.29 is 5.11 Å². The summed E-state index contributed by atoms with van der Waals surface area (Å²) in [5.41, 5.74) is 0. The molecule has 0 amide bonds. The van der Waals surface area contributed by atoms with Crippen LogP contribution in [-0.2, 0) is 0 Å². The third-order valence-corrected chi connectivity index (χ3v) is 3.79. The first-order chi connectivity index (χ1) is 5.91. The van der Waals surface area contributed by atoms with Crippen molar-refractivity contribution in [2.45, 2.75) is 58.3 Å². The molecule has 0 aromatic heterocycles. The molecule has 0 saturated heterocycles. The van der Waals surface area contributed by atoms with Crippen LogP contribution < -0.4 is 0 Å². The Hall–Kier alpha value is 0.310. The Kier molecular flexibility index (Phi) is 6.06. The molecule has 0 spiro atoms. The van der Waals surface area contributed by atoms with Crippen molar-refractivity contribution in [3.05, 3.63) is 0 Å². The van der Waals surface area contributed by atoms with Crippen molar-refractivity contribution in [3.8, 4) is 0 Å². The van der Waals surface area contributed by atoms with Crippen LogP contribution in [-0.4, -0.2) is 21.7 Å². The van der Waals surface area contributed by atoms with Gasteiger partial charge in [0, 0.05) is 4.75 Å². The van der Waals surface area contributed by atoms with Gasteiger partial charge in [0.05, 0.1) is 6.10 Å². The predicted octanol–water partition coefficient (Wildman–Crippen LogP) is 3.32. The fraction of sp³-hybridized carbons (Fsp3) is 1.00. The van der Waals surface area contributed by atoms with Crippen LogP contribution >= 0.6 is 11.8 Å². The molecule has 0 fully saturated rings. The quantitative estimate of drug-likeness (QED) is 0.670. The Morgan fingerprint density at radius 2 is 1.85 bits per heavy atom. The van der Waals surface area contributed by atoms with E-state index in [2.05, 4.69) is 34.6 Å². The lowest BCUT2D eigenvalue weighted by molar-refractivity contribution is 0.0956. The van der Waals surface area contributed by atoms with Gasteiger partial charge in [-0.05, 0) is 31.9 Å². The highest BCUT2D eigenvalue weighted by Crippen LogP contribution is 2.32. The molecule has 0 heterocycles. The zero-order valence-electron chi connectivity index (χ0n) is 9.63. The zero-order valence-corrected chi connectivity index (χ0v) is 10.4. The molecule has 0 aliphatic heterocycles. The molecule has 0 saturated carbocycles. The van der Waals surface area contributed by atoms with E-state index >= 15 is 0 Å². The van der Waals surface area contributed by atoms with E-state index in [1.165, 1.54) is 12.8 Å². The maximum atomic E-state index is 9.93. The Balaban J connectivity index is 3.91. The summed E-state index contributed by atoms with van der Waals surface area (Å²) in [5.74, 6) is 1.51. The largest absolute Gasteiger partial charge is 0.391 e. The lowest BCUT2D eigenvalue weighted by Crippen LogP contribution is -2.37. The van der Waals surface area contributed by atoms with E-state index in [9.17, 15) is 5.11 Å². The van der Waals surface area contributed by atoms with Crippen LogP contribution in [0, 0.1) is 5.92 Å². The number of aliphatic hydroxyl groups excluding tert-OH is 1. The molecule has 0 aromatic carbocycles. The summed E-state index contributed by atoms with van der Waals surface area (Å²) >= 11 is 1.89. The van der Waals surface area contributed by atoms with Crippen molar-refractivity contribution in [1.29, 1.82) is 0 Å². The minimum absolute atomic E-state index is 0.00331. The van der Waals surface area contributed by atoms with E-state index in [0.717, 1.165) is 5.75 Å². The number of unbranched alkanes of at least 4 members (excludes halogenated alkanes) is 1. The molecule has 0 rings (SSSR count). The second-order valence-corrected chi connectivity index (χ2v) is 6.24. The second-order valence-electron chi connectivity index (χ2n) is 4.49. The summed E-state index contributed by atoms with van der Waals surface area (Å²) in [6, 6.07) is 0. The molecule has 1 nitrogen and oxygen atoms in total. The third kappa shape index (κ3) is 4.92. The first-order valence-electron chi connectivity index (χ1n) is 5.23. The van der Waals surface area contributed by atoms with Crippen molar-refractivity contribution in [3.63, 3.8) is 0 Å². The van der Waals surface area contributed by atoms with Gasteiger partial charge in [-0.25, -0.2) is 0 Å². The molecule has 0 radical (unpaired) electrons. The van der Waals surface area contributed by atoms with Gasteiger partial charge in [0.1, 0.15) is 0 Å². The molecule has 80 valence electrons. The second kappa shape index (κ2) is 5.92. The summed E-state index contributed by atoms with van der Waals surface area (Å²) in [6.07, 6.45) is 2.29. The van der Waals surface area contributed by atoms with Crippen LogP contribution in [0.15, 0.2) is 0 Å². The smallest absolute Gasteiger partial charge is 0.0704 e. The summed E-state index contributed by atoms with van der Waals surface area (Å²) in [7, 11) is 0. The normalized spacial score (nSPS) is 15.0. The molecule has 1 N–H and O–H groups in total. The van der Waals surface area contributed by atoms with Crippen LogP contribution in [0.3, 0.4) is 0 Å². The average molecular weight is 204 g/mol. The highest BCUT2D eigenvalue weighted by molar-refractivity contribution is 8.00. The van der Waals surface area contributed by atoms with Gasteiger partial charge in [-0.1, -0.05) is 27.2 Å². The van der Waals surface area contributed by atoms with Gasteiger partial charge >= 0.3 is 0 Å². The maximum absolute atomic E-state index is 9.93. The molecule has 0 aromatic rings. The number of rotatable bonds is 6. The van der Waals surface area contributed by atoms with Crippen molar-refractivity contribution in [2.24, 2.45) is 5.92 Å². The Morgan fingerprint density at radius 1 is 1.31 bits per heavy atom. The SMILES string of the molecule is CCCCSC(C)(C)C(O)C(C)C. The lowest BCUT2D eigenvalue weighted by atomic mass is 9.96. The topological polar surface area (TPSA) is 20.2 Å². The predicted molar refractivity (Wildman–Crippen MR) is 62.3 cm³/mol. The van der Waals surface area contributed by atoms with Gasteiger partial charge in [0.25, 0.3) is 0 Å². The van der Waals surface area contributed by atoms with Crippen molar-refractivity contribution >= 4 is 11.8 Å². The van der Waals surface area contributed by atoms with E-state index in [0.29, 0.717) is 5.92 Å². The number of hydrogen-bond donors (Lipinski definition) is 1. The summed E-state index contributed by atoms with van der Waals surface area (Å²) in [4.78, 5) is 0. The zero-order chi connectivity index (χ0) is 10.5. The van der Waals surface area contributed by atoms with Crippen LogP contribution in [0.5, 0.6) is 0 Å². The van der Waals surface area contributed by atoms with E-state index in [1.807, 2.05) is 11.8 Å². The van der Waals surface area contributed by atoms with Crippen molar-refractivity contribution in [2.75, 3.05) is 5.75 Å². The molecule has 0 bridgehead atoms. The molecule has 13 heavy (non-hydrogen) atoms. The number of hydrogen-bond acceptors (Lipinski definition) is 2. The highest BCUT2D eigenvalue weighted by atomic mass is 32.2. The monoisotopic (exact) mass is 204 g/mol. The highest BCUT2D eigenvalue weighted by Gasteiger charge is 2.29. The van der Waals surface area contributed by atoms with Gasteiger partial charge in [-0.2, -0.15) is 11.8 Å². The van der Waals surface area contributed by atoms with Crippen LogP contribution in [0.25, 0.3) is 0 Å². The summed E-state index contributed by atoms with van der Waals surface area (Å²) in [6.45, 7) is 10.6. The minimum Gasteiger partial charge on any atom is -0.391 e. The Labute approximate surface area is 87.3 Å². The average Bonchev–Trinajstić information content (AvgIpc) is 2.03. The van der Waals surface area contributed by atoms with Gasteiger partial charge in [-0.15, -0.1) is 0 Å². The van der Waals surface area contributed by atoms with Crippen molar-refractivity contribution in [1.82, 2.24) is 0 Å². The van der Waals surface area contributed by atoms with Gasteiger partial charge in [0.15, 0.2) is 0 Å². The standard InChI is InChI=1S/C11H24OS/c1-6-7-8-13-11(4,5)10(12)9(2)3/h9-10,12H,6-8H2,1-5H3. The van der Waals surface area contributed by atoms with Gasteiger partial charge in [-0.3, -0.25) is 0 Å². The fourth-order valence-corrected chi connectivity index (χ4v) is 2.77. The fourth-order valence-electron chi connectivity index (χ4n) is 1.37. The van der Waals surface area contributed by atoms with E-state index in [1.54, 1.807) is 0 Å². The van der Waals surface area contributed by atoms with Crippen LogP contribution in [0.2, 0.25) is 0 Å². The van der Waals surface area contributed by atoms with Gasteiger partial charge < -0.3 is 5.11 Å². The Morgan fingerprint density at radius 3 is 2.23 bits per heavy atom. The molecule has 1 atom stereocenters. The molecular weight excluding hydrogens is 180 g/mol. The lowest BCUT2D eigenvalue weighted by Gasteiger charge is -2.32. The molecule has 2 heteroatoms. The first kappa shape index (κ1) is 13.3. The molecule has 0 aliphatic rings. The number of thioether (sulfide) groups is 1. The Bertz CT molecular complexity index is 132. The first-order valence-corrected chi connectivity index (χ1v) is 6.22.